The number of para-hydroxylation sites is 1. The number of ether oxygens (including phenoxy) is 1. The third kappa shape index (κ3) is 4.99. The Labute approximate surface area is 105 Å². The topological polar surface area (TPSA) is 43.4 Å². The Morgan fingerprint density at radius 3 is 2.62 bits per heavy atom. The Balaban J connectivity index is 2.43. The highest BCUT2D eigenvalue weighted by Crippen LogP contribution is 2.20. The molecule has 0 atom stereocenters. The monoisotopic (exact) mass is 306 g/mol. The van der Waals surface area contributed by atoms with Gasteiger partial charge in [-0.3, -0.25) is 0 Å². The molecule has 0 heterocycles. The van der Waals surface area contributed by atoms with Crippen LogP contribution >= 0.6 is 15.9 Å². The molecule has 0 aromatic heterocycles. The molecule has 3 nitrogen and oxygen atoms in total. The van der Waals surface area contributed by atoms with Crippen LogP contribution in [0.4, 0.5) is 0 Å². The number of hydrogen-bond acceptors (Lipinski definition) is 3. The van der Waals surface area contributed by atoms with Crippen molar-refractivity contribution < 1.29 is 13.2 Å². The lowest BCUT2D eigenvalue weighted by Crippen LogP contribution is -2.08. The second kappa shape index (κ2) is 6.25. The predicted octanol–water partition coefficient (Wildman–Crippen LogP) is 2.40. The van der Waals surface area contributed by atoms with Gasteiger partial charge in [0.25, 0.3) is 0 Å². The lowest BCUT2D eigenvalue weighted by molar-refractivity contribution is 0.315. The number of alkyl halides is 1. The van der Waals surface area contributed by atoms with Crippen molar-refractivity contribution in [1.82, 2.24) is 0 Å². The van der Waals surface area contributed by atoms with E-state index in [9.17, 15) is 8.42 Å². The molecule has 0 radical (unpaired) electrons. The van der Waals surface area contributed by atoms with Gasteiger partial charge in [0.2, 0.25) is 0 Å². The number of rotatable bonds is 6. The Kier molecular flexibility index (Phi) is 5.28. The summed E-state index contributed by atoms with van der Waals surface area (Å²) in [6, 6.07) is 7.70. The summed E-state index contributed by atoms with van der Waals surface area (Å²) in [5.41, 5.74) is 1.07. The second-order valence-electron chi connectivity index (χ2n) is 3.57. The normalized spacial score (nSPS) is 11.4. The molecule has 1 aromatic carbocycles. The van der Waals surface area contributed by atoms with E-state index in [0.717, 1.165) is 16.6 Å². The molecular weight excluding hydrogens is 292 g/mol. The maximum absolute atomic E-state index is 10.9. The van der Waals surface area contributed by atoms with E-state index in [4.69, 9.17) is 4.74 Å². The Morgan fingerprint density at radius 2 is 2.00 bits per heavy atom. The molecule has 0 unspecified atom stereocenters. The van der Waals surface area contributed by atoms with Crippen molar-refractivity contribution in [2.75, 3.05) is 18.6 Å². The van der Waals surface area contributed by atoms with Crippen molar-refractivity contribution in [3.05, 3.63) is 29.8 Å². The summed E-state index contributed by atoms with van der Waals surface area (Å²) in [6.07, 6.45) is 1.76. The first kappa shape index (κ1) is 13.5. The third-order valence-corrected chi connectivity index (χ3v) is 3.67. The highest BCUT2D eigenvalue weighted by Gasteiger charge is 2.04. The molecule has 0 aliphatic rings. The van der Waals surface area contributed by atoms with Crippen LogP contribution in [-0.2, 0) is 15.2 Å². The third-order valence-electron chi connectivity index (χ3n) is 2.03. The summed E-state index contributed by atoms with van der Waals surface area (Å²) in [4.78, 5) is 0. The van der Waals surface area contributed by atoms with Crippen LogP contribution in [0, 0.1) is 0 Å². The molecule has 0 saturated heterocycles. The standard InChI is InChI=1S/C11H15BrO3S/c1-16(13,14)8-4-7-15-11-6-3-2-5-10(11)9-12/h2-3,5-6H,4,7-9H2,1H3. The van der Waals surface area contributed by atoms with Crippen LogP contribution in [0.2, 0.25) is 0 Å². The number of halogens is 1. The average Bonchev–Trinajstić information content (AvgIpc) is 2.23. The number of hydrogen-bond donors (Lipinski definition) is 0. The Morgan fingerprint density at radius 1 is 1.31 bits per heavy atom. The zero-order valence-corrected chi connectivity index (χ0v) is 11.6. The van der Waals surface area contributed by atoms with Gasteiger partial charge in [-0.15, -0.1) is 0 Å². The van der Waals surface area contributed by atoms with Crippen molar-refractivity contribution >= 4 is 25.8 Å². The van der Waals surface area contributed by atoms with Crippen molar-refractivity contribution in [3.63, 3.8) is 0 Å². The molecular formula is C11H15BrO3S. The zero-order chi connectivity index (χ0) is 12.0. The Bertz CT molecular complexity index is 429. The quantitative estimate of drug-likeness (QED) is 0.599. The van der Waals surface area contributed by atoms with Gasteiger partial charge in [-0.05, 0) is 12.5 Å². The molecule has 1 rings (SSSR count). The Hall–Kier alpha value is -0.550. The van der Waals surface area contributed by atoms with Crippen molar-refractivity contribution in [2.45, 2.75) is 11.8 Å². The van der Waals surface area contributed by atoms with E-state index in [1.165, 1.54) is 6.26 Å². The molecule has 0 spiro atoms. The number of sulfone groups is 1. The van der Waals surface area contributed by atoms with E-state index in [1.54, 1.807) is 0 Å². The van der Waals surface area contributed by atoms with E-state index in [1.807, 2.05) is 24.3 Å². The summed E-state index contributed by atoms with van der Waals surface area (Å²) >= 11 is 3.37. The van der Waals surface area contributed by atoms with Crippen molar-refractivity contribution in [3.8, 4) is 5.75 Å². The molecule has 1 aromatic rings. The fourth-order valence-electron chi connectivity index (χ4n) is 1.26. The minimum atomic E-state index is -2.88. The molecule has 0 saturated carbocycles. The van der Waals surface area contributed by atoms with Crippen LogP contribution in [0.5, 0.6) is 5.75 Å². The van der Waals surface area contributed by atoms with Crippen LogP contribution in [0.3, 0.4) is 0 Å². The van der Waals surface area contributed by atoms with E-state index < -0.39 is 9.84 Å². The molecule has 0 N–H and O–H groups in total. The van der Waals surface area contributed by atoms with Crippen LogP contribution in [0.25, 0.3) is 0 Å². The first-order valence-electron chi connectivity index (χ1n) is 4.97. The molecule has 0 aliphatic heterocycles. The van der Waals surface area contributed by atoms with Crippen LogP contribution in [-0.4, -0.2) is 27.0 Å². The van der Waals surface area contributed by atoms with Crippen LogP contribution in [0.1, 0.15) is 12.0 Å². The fourth-order valence-corrected chi connectivity index (χ4v) is 2.36. The summed E-state index contributed by atoms with van der Waals surface area (Å²) in [6.45, 7) is 0.428. The lowest BCUT2D eigenvalue weighted by atomic mass is 10.2. The van der Waals surface area contributed by atoms with E-state index in [2.05, 4.69) is 15.9 Å². The van der Waals surface area contributed by atoms with Gasteiger partial charge in [0.05, 0.1) is 12.4 Å². The average molecular weight is 307 g/mol. The van der Waals surface area contributed by atoms with E-state index in [0.29, 0.717) is 13.0 Å². The van der Waals surface area contributed by atoms with Crippen molar-refractivity contribution in [1.29, 1.82) is 0 Å². The van der Waals surface area contributed by atoms with Gasteiger partial charge in [-0.2, -0.15) is 0 Å². The van der Waals surface area contributed by atoms with Gasteiger partial charge in [-0.1, -0.05) is 34.1 Å². The zero-order valence-electron chi connectivity index (χ0n) is 9.15. The van der Waals surface area contributed by atoms with Gasteiger partial charge in [-0.25, -0.2) is 8.42 Å². The highest BCUT2D eigenvalue weighted by molar-refractivity contribution is 9.08. The summed E-state index contributed by atoms with van der Waals surface area (Å²) in [5, 5.41) is 0.731. The molecule has 16 heavy (non-hydrogen) atoms. The fraction of sp³-hybridized carbons (Fsp3) is 0.455. The molecule has 0 bridgehead atoms. The van der Waals surface area contributed by atoms with E-state index >= 15 is 0 Å². The highest BCUT2D eigenvalue weighted by atomic mass is 79.9. The second-order valence-corrected chi connectivity index (χ2v) is 6.39. The number of benzene rings is 1. The van der Waals surface area contributed by atoms with Crippen LogP contribution in [0.15, 0.2) is 24.3 Å². The first-order valence-corrected chi connectivity index (χ1v) is 8.15. The van der Waals surface area contributed by atoms with E-state index in [-0.39, 0.29) is 5.75 Å². The lowest BCUT2D eigenvalue weighted by Gasteiger charge is -2.09. The molecule has 0 amide bonds. The smallest absolute Gasteiger partial charge is 0.147 e. The minimum absolute atomic E-state index is 0.170. The molecule has 5 heteroatoms. The summed E-state index contributed by atoms with van der Waals surface area (Å²) in [5.74, 6) is 0.983. The van der Waals surface area contributed by atoms with Gasteiger partial charge >= 0.3 is 0 Å². The van der Waals surface area contributed by atoms with Crippen molar-refractivity contribution in [2.24, 2.45) is 0 Å². The molecule has 90 valence electrons. The minimum Gasteiger partial charge on any atom is -0.493 e. The van der Waals surface area contributed by atoms with Gasteiger partial charge in [0, 0.05) is 17.1 Å². The van der Waals surface area contributed by atoms with Gasteiger partial charge in [0.15, 0.2) is 0 Å². The first-order chi connectivity index (χ1) is 7.53. The largest absolute Gasteiger partial charge is 0.493 e. The molecule has 0 aliphatic carbocycles. The maximum atomic E-state index is 10.9. The summed E-state index contributed by atoms with van der Waals surface area (Å²) < 4.78 is 27.3. The van der Waals surface area contributed by atoms with Gasteiger partial charge < -0.3 is 4.74 Å². The maximum Gasteiger partial charge on any atom is 0.147 e. The summed E-state index contributed by atoms with van der Waals surface area (Å²) in [7, 11) is -2.88. The SMILES string of the molecule is CS(=O)(=O)CCCOc1ccccc1CBr. The predicted molar refractivity (Wildman–Crippen MR) is 68.9 cm³/mol. The molecule has 0 fully saturated rings. The van der Waals surface area contributed by atoms with Crippen LogP contribution < -0.4 is 4.74 Å². The van der Waals surface area contributed by atoms with Gasteiger partial charge in [0.1, 0.15) is 15.6 Å².